The number of rotatable bonds is 10. The van der Waals surface area contributed by atoms with Crippen molar-refractivity contribution in [1.82, 2.24) is 9.88 Å². The first-order chi connectivity index (χ1) is 16.6. The van der Waals surface area contributed by atoms with Gasteiger partial charge in [0.2, 0.25) is 0 Å². The molecule has 0 saturated heterocycles. The van der Waals surface area contributed by atoms with Gasteiger partial charge in [-0.25, -0.2) is 4.98 Å². The summed E-state index contributed by atoms with van der Waals surface area (Å²) in [5.74, 6) is 2.06. The van der Waals surface area contributed by atoms with Crippen LogP contribution in [0.15, 0.2) is 72.8 Å². The van der Waals surface area contributed by atoms with Gasteiger partial charge in [-0.2, -0.15) is 0 Å². The maximum Gasteiger partial charge on any atom is 0.260 e. The normalized spacial score (nSPS) is 11.1. The summed E-state index contributed by atoms with van der Waals surface area (Å²) >= 11 is 1.50. The lowest BCUT2D eigenvalue weighted by Gasteiger charge is -2.24. The van der Waals surface area contributed by atoms with Crippen molar-refractivity contribution >= 4 is 32.6 Å². The number of hydrogen-bond acceptors (Lipinski definition) is 6. The molecule has 6 nitrogen and oxygen atoms in total. The fourth-order valence-corrected chi connectivity index (χ4v) is 4.71. The van der Waals surface area contributed by atoms with Crippen LogP contribution in [0.3, 0.4) is 0 Å². The molecule has 4 aromatic rings. The number of anilines is 1. The largest absolute Gasteiger partial charge is 0.494 e. The van der Waals surface area contributed by atoms with E-state index in [0.29, 0.717) is 28.7 Å². The highest BCUT2D eigenvalue weighted by atomic mass is 32.1. The quantitative estimate of drug-likeness (QED) is 0.278. The van der Waals surface area contributed by atoms with Crippen LogP contribution in [-0.4, -0.2) is 49.1 Å². The molecule has 0 aliphatic carbocycles. The van der Waals surface area contributed by atoms with Gasteiger partial charge < -0.3 is 14.4 Å². The highest BCUT2D eigenvalue weighted by molar-refractivity contribution is 7.22. The molecule has 4 rings (SSSR count). The molecule has 0 N–H and O–H groups in total. The van der Waals surface area contributed by atoms with Crippen LogP contribution in [-0.2, 0) is 0 Å². The van der Waals surface area contributed by atoms with Gasteiger partial charge in [-0.3, -0.25) is 9.69 Å². The van der Waals surface area contributed by atoms with Crippen LogP contribution in [0.25, 0.3) is 10.2 Å². The fourth-order valence-electron chi connectivity index (χ4n) is 3.70. The van der Waals surface area contributed by atoms with E-state index in [0.717, 1.165) is 35.6 Å². The number of aromatic nitrogens is 1. The summed E-state index contributed by atoms with van der Waals surface area (Å²) in [4.78, 5) is 22.5. The second kappa shape index (κ2) is 11.1. The summed E-state index contributed by atoms with van der Waals surface area (Å²) in [5.41, 5.74) is 1.36. The molecule has 0 fully saturated rings. The molecule has 0 saturated carbocycles. The Balaban J connectivity index is 1.61. The summed E-state index contributed by atoms with van der Waals surface area (Å²) in [5, 5.41) is 0.668. The molecule has 0 spiro atoms. The maximum absolute atomic E-state index is 13.6. The number of nitrogens with zero attached hydrogens (tertiary/aromatic N) is 3. The first-order valence-corrected chi connectivity index (χ1v) is 12.2. The average Bonchev–Trinajstić information content (AvgIpc) is 3.31. The first-order valence-electron chi connectivity index (χ1n) is 11.4. The summed E-state index contributed by atoms with van der Waals surface area (Å²) in [7, 11) is 1.64. The third kappa shape index (κ3) is 5.38. The number of carbonyl (C=O) groups is 1. The number of likely N-dealkylation sites (N-methyl/N-ethyl adjacent to an activating group) is 1. The first kappa shape index (κ1) is 23.7. The molecule has 0 aliphatic rings. The second-order valence-electron chi connectivity index (χ2n) is 7.73. The van der Waals surface area contributed by atoms with Crippen molar-refractivity contribution in [3.63, 3.8) is 0 Å². The van der Waals surface area contributed by atoms with Crippen LogP contribution in [0.4, 0.5) is 5.13 Å². The van der Waals surface area contributed by atoms with Gasteiger partial charge in [0, 0.05) is 18.7 Å². The molecule has 7 heteroatoms. The van der Waals surface area contributed by atoms with Crippen molar-refractivity contribution in [2.75, 3.05) is 38.2 Å². The summed E-state index contributed by atoms with van der Waals surface area (Å²) in [6.45, 7) is 7.43. The van der Waals surface area contributed by atoms with E-state index in [1.165, 1.54) is 11.3 Å². The Kier molecular flexibility index (Phi) is 7.77. The second-order valence-corrected chi connectivity index (χ2v) is 8.74. The van der Waals surface area contributed by atoms with Crippen molar-refractivity contribution in [3.05, 3.63) is 78.4 Å². The van der Waals surface area contributed by atoms with Crippen molar-refractivity contribution in [3.8, 4) is 17.2 Å². The Morgan fingerprint density at radius 3 is 2.26 bits per heavy atom. The molecule has 0 unspecified atom stereocenters. The minimum absolute atomic E-state index is 0.0866. The lowest BCUT2D eigenvalue weighted by Crippen LogP contribution is -2.38. The molecule has 1 amide bonds. The number of para-hydroxylation sites is 2. The van der Waals surface area contributed by atoms with Gasteiger partial charge in [0.1, 0.15) is 22.8 Å². The highest BCUT2D eigenvalue weighted by Gasteiger charge is 2.23. The van der Waals surface area contributed by atoms with Gasteiger partial charge >= 0.3 is 0 Å². The minimum Gasteiger partial charge on any atom is -0.494 e. The van der Waals surface area contributed by atoms with Gasteiger partial charge in [-0.15, -0.1) is 0 Å². The van der Waals surface area contributed by atoms with E-state index < -0.39 is 0 Å². The molecule has 176 valence electrons. The summed E-state index contributed by atoms with van der Waals surface area (Å²) in [6, 6.07) is 22.7. The van der Waals surface area contributed by atoms with Crippen LogP contribution in [0, 0.1) is 0 Å². The average molecular weight is 476 g/mol. The number of thiazole rings is 1. The van der Waals surface area contributed by atoms with Crippen LogP contribution < -0.4 is 14.4 Å². The van der Waals surface area contributed by atoms with E-state index in [1.54, 1.807) is 24.1 Å². The number of hydrogen-bond donors (Lipinski definition) is 0. The van der Waals surface area contributed by atoms with Crippen LogP contribution >= 0.6 is 11.3 Å². The van der Waals surface area contributed by atoms with Gasteiger partial charge in [0.15, 0.2) is 5.13 Å². The molecule has 3 aromatic carbocycles. The molecule has 0 radical (unpaired) electrons. The SMILES string of the molecule is CCN(CC)CCN(C(=O)c1ccc(Oc2ccccc2)cc1)c1nc2c(OC)cccc2s1. The molecular weight excluding hydrogens is 446 g/mol. The van der Waals surface area contributed by atoms with E-state index in [-0.39, 0.29) is 5.91 Å². The molecular formula is C27H29N3O3S. The predicted molar refractivity (Wildman–Crippen MR) is 139 cm³/mol. The monoisotopic (exact) mass is 475 g/mol. The van der Waals surface area contributed by atoms with Gasteiger partial charge in [0.25, 0.3) is 5.91 Å². The molecule has 0 bridgehead atoms. The molecule has 1 heterocycles. The van der Waals surface area contributed by atoms with Gasteiger partial charge in [0.05, 0.1) is 11.8 Å². The molecule has 34 heavy (non-hydrogen) atoms. The third-order valence-electron chi connectivity index (χ3n) is 5.68. The summed E-state index contributed by atoms with van der Waals surface area (Å²) < 4.78 is 12.3. The Bertz CT molecular complexity index is 1220. The van der Waals surface area contributed by atoms with Crippen molar-refractivity contribution < 1.29 is 14.3 Å². The zero-order valence-electron chi connectivity index (χ0n) is 19.7. The Morgan fingerprint density at radius 2 is 1.59 bits per heavy atom. The third-order valence-corrected chi connectivity index (χ3v) is 6.72. The Labute approximate surface area is 204 Å². The van der Waals surface area contributed by atoms with Gasteiger partial charge in [-0.05, 0) is 61.6 Å². The number of methoxy groups -OCH3 is 1. The number of fused-ring (bicyclic) bond motifs is 1. The topological polar surface area (TPSA) is 54.9 Å². The van der Waals surface area contributed by atoms with Crippen molar-refractivity contribution in [1.29, 1.82) is 0 Å². The number of carbonyl (C=O) groups excluding carboxylic acids is 1. The van der Waals surface area contributed by atoms with Gasteiger partial charge in [-0.1, -0.05) is 49.4 Å². The maximum atomic E-state index is 13.6. The van der Waals surface area contributed by atoms with E-state index in [2.05, 4.69) is 18.7 Å². The molecule has 1 aromatic heterocycles. The zero-order chi connectivity index (χ0) is 23.9. The standard InChI is InChI=1S/C27H29N3O3S/c1-4-29(5-2)18-19-30(27-28-25-23(32-3)12-9-13-24(25)34-27)26(31)20-14-16-22(17-15-20)33-21-10-7-6-8-11-21/h6-17H,4-5,18-19H2,1-3H3. The molecule has 0 aliphatic heterocycles. The Hall–Kier alpha value is -3.42. The number of amides is 1. The number of ether oxygens (including phenoxy) is 2. The fraction of sp³-hybridized carbons (Fsp3) is 0.259. The van der Waals surface area contributed by atoms with Crippen LogP contribution in [0.2, 0.25) is 0 Å². The predicted octanol–water partition coefficient (Wildman–Crippen LogP) is 6.09. The molecule has 0 atom stereocenters. The Morgan fingerprint density at radius 1 is 0.882 bits per heavy atom. The van der Waals surface area contributed by atoms with Crippen LogP contribution in [0.5, 0.6) is 17.2 Å². The van der Waals surface area contributed by atoms with Crippen molar-refractivity contribution in [2.45, 2.75) is 13.8 Å². The summed E-state index contributed by atoms with van der Waals surface area (Å²) in [6.07, 6.45) is 0. The highest BCUT2D eigenvalue weighted by Crippen LogP contribution is 2.34. The lowest BCUT2D eigenvalue weighted by molar-refractivity contribution is 0.0983. The zero-order valence-corrected chi connectivity index (χ0v) is 20.5. The van der Waals surface area contributed by atoms with Crippen LogP contribution in [0.1, 0.15) is 24.2 Å². The van der Waals surface area contributed by atoms with E-state index in [4.69, 9.17) is 14.5 Å². The van der Waals surface area contributed by atoms with Crippen molar-refractivity contribution in [2.24, 2.45) is 0 Å². The number of benzene rings is 3. The smallest absolute Gasteiger partial charge is 0.260 e. The van der Waals surface area contributed by atoms with E-state index in [9.17, 15) is 4.79 Å². The minimum atomic E-state index is -0.0866. The van der Waals surface area contributed by atoms with E-state index in [1.807, 2.05) is 60.7 Å². The lowest BCUT2D eigenvalue weighted by atomic mass is 10.2. The van der Waals surface area contributed by atoms with E-state index >= 15 is 0 Å².